The number of hydrogen-bond acceptors (Lipinski definition) is 4. The van der Waals surface area contributed by atoms with Crippen molar-refractivity contribution in [2.45, 2.75) is 57.8 Å². The summed E-state index contributed by atoms with van der Waals surface area (Å²) in [5.74, 6) is 1.75. The van der Waals surface area contributed by atoms with Crippen molar-refractivity contribution >= 4 is 13.3 Å². The maximum atomic E-state index is 12.6. The second kappa shape index (κ2) is 10.7. The Morgan fingerprint density at radius 1 is 1.04 bits per heavy atom. The summed E-state index contributed by atoms with van der Waals surface area (Å²) in [6, 6.07) is 5.17. The summed E-state index contributed by atoms with van der Waals surface area (Å²) < 4.78 is 23.0. The fourth-order valence-electron chi connectivity index (χ4n) is 3.70. The highest BCUT2D eigenvalue weighted by Gasteiger charge is 2.22. The first-order valence-corrected chi connectivity index (χ1v) is 11.1. The molecule has 1 atom stereocenters. The fourth-order valence-corrected chi connectivity index (χ4v) is 5.02. The van der Waals surface area contributed by atoms with Gasteiger partial charge in [-0.1, -0.05) is 57.4 Å². The molecule has 1 aliphatic carbocycles. The van der Waals surface area contributed by atoms with Crippen molar-refractivity contribution in [3.8, 4) is 11.5 Å². The second-order valence-corrected chi connectivity index (χ2v) is 8.69. The van der Waals surface area contributed by atoms with Crippen molar-refractivity contribution in [2.75, 3.05) is 20.4 Å². The van der Waals surface area contributed by atoms with Gasteiger partial charge in [0.25, 0.3) is 0 Å². The third kappa shape index (κ3) is 5.88. The van der Waals surface area contributed by atoms with Crippen molar-refractivity contribution in [3.05, 3.63) is 23.8 Å². The van der Waals surface area contributed by atoms with E-state index in [2.05, 4.69) is 0 Å². The standard InChI is InChI=1S/C20H31O4P/c1-23-17-13-9-14-18(24-2)19(17)20(21)25(22)15-8-4-7-12-16-10-5-3-6-11-16/h9,13-14,16,25H,3-8,10-12,15H2,1-2H3. The lowest BCUT2D eigenvalue weighted by molar-refractivity contribution is 0.107. The zero-order valence-electron chi connectivity index (χ0n) is 15.5. The Balaban J connectivity index is 1.79. The predicted octanol–water partition coefficient (Wildman–Crippen LogP) is 5.54. The monoisotopic (exact) mass is 366 g/mol. The number of hydrogen-bond donors (Lipinski definition) is 0. The zero-order valence-corrected chi connectivity index (χ0v) is 16.5. The molecular weight excluding hydrogens is 335 g/mol. The molecule has 1 aromatic rings. The summed E-state index contributed by atoms with van der Waals surface area (Å²) in [6.07, 6.45) is 11.8. The summed E-state index contributed by atoms with van der Waals surface area (Å²) in [5, 5.41) is 0. The number of ether oxygens (including phenoxy) is 2. The van der Waals surface area contributed by atoms with E-state index in [1.807, 2.05) is 0 Å². The van der Waals surface area contributed by atoms with Crippen LogP contribution in [0.5, 0.6) is 11.5 Å². The van der Waals surface area contributed by atoms with Crippen LogP contribution in [-0.2, 0) is 4.57 Å². The van der Waals surface area contributed by atoms with Crippen LogP contribution in [0.3, 0.4) is 0 Å². The van der Waals surface area contributed by atoms with E-state index < -0.39 is 7.80 Å². The molecule has 0 radical (unpaired) electrons. The second-order valence-electron chi connectivity index (χ2n) is 6.89. The van der Waals surface area contributed by atoms with Crippen molar-refractivity contribution in [2.24, 2.45) is 5.92 Å². The van der Waals surface area contributed by atoms with E-state index in [-0.39, 0.29) is 5.52 Å². The van der Waals surface area contributed by atoms with E-state index in [9.17, 15) is 9.36 Å². The molecule has 25 heavy (non-hydrogen) atoms. The van der Waals surface area contributed by atoms with Crippen LogP contribution in [0.1, 0.15) is 68.1 Å². The summed E-state index contributed by atoms with van der Waals surface area (Å²) in [5.41, 5.74) is -0.00910. The molecule has 0 amide bonds. The molecule has 4 nitrogen and oxygen atoms in total. The SMILES string of the molecule is COc1cccc(OC)c1C(=O)[PH](=O)CCCCCC1CCCCC1. The summed E-state index contributed by atoms with van der Waals surface area (Å²) >= 11 is 0. The Morgan fingerprint density at radius 2 is 1.68 bits per heavy atom. The number of carbonyl (C=O) groups is 1. The van der Waals surface area contributed by atoms with E-state index in [1.54, 1.807) is 18.2 Å². The van der Waals surface area contributed by atoms with Gasteiger partial charge in [-0.25, -0.2) is 0 Å². The summed E-state index contributed by atoms with van der Waals surface area (Å²) in [7, 11) is 0.679. The third-order valence-electron chi connectivity index (χ3n) is 5.15. The van der Waals surface area contributed by atoms with E-state index in [0.717, 1.165) is 18.8 Å². The van der Waals surface area contributed by atoms with Gasteiger partial charge in [0.2, 0.25) is 5.52 Å². The van der Waals surface area contributed by atoms with Gasteiger partial charge in [-0.2, -0.15) is 0 Å². The number of methoxy groups -OCH3 is 2. The maximum absolute atomic E-state index is 12.6. The zero-order chi connectivity index (χ0) is 18.1. The Hall–Kier alpha value is -1.28. The Bertz CT molecular complexity index is 557. The molecular formula is C20H31O4P. The molecule has 0 saturated heterocycles. The molecule has 0 aromatic heterocycles. The highest BCUT2D eigenvalue weighted by molar-refractivity contribution is 7.64. The highest BCUT2D eigenvalue weighted by atomic mass is 31.1. The van der Waals surface area contributed by atoms with E-state index in [0.29, 0.717) is 23.2 Å². The average Bonchev–Trinajstić information content (AvgIpc) is 2.67. The number of benzene rings is 1. The van der Waals surface area contributed by atoms with Gasteiger partial charge >= 0.3 is 0 Å². The first-order valence-electron chi connectivity index (χ1n) is 9.46. The average molecular weight is 366 g/mol. The quantitative estimate of drug-likeness (QED) is 0.403. The minimum atomic E-state index is -2.34. The van der Waals surface area contributed by atoms with Gasteiger partial charge in [0, 0.05) is 6.16 Å². The number of rotatable bonds is 10. The molecule has 1 fully saturated rings. The highest BCUT2D eigenvalue weighted by Crippen LogP contribution is 2.38. The van der Waals surface area contributed by atoms with Crippen LogP contribution in [0.4, 0.5) is 0 Å². The molecule has 5 heteroatoms. The molecule has 0 N–H and O–H groups in total. The van der Waals surface area contributed by atoms with Crippen molar-refractivity contribution in [1.29, 1.82) is 0 Å². The van der Waals surface area contributed by atoms with E-state index in [4.69, 9.17) is 9.47 Å². The van der Waals surface area contributed by atoms with Gasteiger partial charge in [0.15, 0.2) is 0 Å². The maximum Gasteiger partial charge on any atom is 0.225 e. The molecule has 1 aromatic carbocycles. The molecule has 0 spiro atoms. The molecule has 0 heterocycles. The predicted molar refractivity (Wildman–Crippen MR) is 103 cm³/mol. The lowest BCUT2D eigenvalue weighted by Gasteiger charge is -2.21. The smallest absolute Gasteiger partial charge is 0.225 e. The molecule has 2 rings (SSSR count). The van der Waals surface area contributed by atoms with Gasteiger partial charge in [-0.15, -0.1) is 0 Å². The molecule has 140 valence electrons. The van der Waals surface area contributed by atoms with E-state index >= 15 is 0 Å². The van der Waals surface area contributed by atoms with Crippen LogP contribution in [0.15, 0.2) is 18.2 Å². The lowest BCUT2D eigenvalue weighted by Crippen LogP contribution is -2.06. The summed E-state index contributed by atoms with van der Waals surface area (Å²) in [6.45, 7) is 0. The van der Waals surface area contributed by atoms with Crippen molar-refractivity contribution in [1.82, 2.24) is 0 Å². The van der Waals surface area contributed by atoms with Gasteiger partial charge in [0.1, 0.15) is 24.9 Å². The molecule has 0 aliphatic heterocycles. The van der Waals surface area contributed by atoms with Crippen molar-refractivity contribution < 1.29 is 18.8 Å². The molecule has 1 unspecified atom stereocenters. The van der Waals surface area contributed by atoms with Gasteiger partial charge in [-0.05, 0) is 24.5 Å². The first kappa shape index (κ1) is 20.0. The van der Waals surface area contributed by atoms with Gasteiger partial charge in [0.05, 0.1) is 14.2 Å². The molecule has 1 aliphatic rings. The van der Waals surface area contributed by atoms with Gasteiger partial charge in [-0.3, -0.25) is 4.79 Å². The number of carbonyl (C=O) groups excluding carboxylic acids is 1. The Kier molecular flexibility index (Phi) is 8.54. The van der Waals surface area contributed by atoms with E-state index in [1.165, 1.54) is 59.2 Å². The van der Waals surface area contributed by atoms with Crippen molar-refractivity contribution in [3.63, 3.8) is 0 Å². The minimum absolute atomic E-state index is 0.318. The lowest BCUT2D eigenvalue weighted by atomic mass is 9.86. The fraction of sp³-hybridized carbons (Fsp3) is 0.650. The molecule has 0 bridgehead atoms. The van der Waals surface area contributed by atoms with Crippen LogP contribution in [0.25, 0.3) is 0 Å². The van der Waals surface area contributed by atoms with Gasteiger partial charge < -0.3 is 14.0 Å². The number of unbranched alkanes of at least 4 members (excludes halogenated alkanes) is 2. The normalized spacial score (nSPS) is 16.4. The first-order chi connectivity index (χ1) is 12.2. The van der Waals surface area contributed by atoms with Crippen LogP contribution in [0, 0.1) is 5.92 Å². The van der Waals surface area contributed by atoms with Crippen LogP contribution in [0.2, 0.25) is 0 Å². The third-order valence-corrected chi connectivity index (χ3v) is 6.71. The summed E-state index contributed by atoms with van der Waals surface area (Å²) in [4.78, 5) is 12.6. The minimum Gasteiger partial charge on any atom is -0.496 e. The topological polar surface area (TPSA) is 52.6 Å². The molecule has 1 saturated carbocycles. The van der Waals surface area contributed by atoms with Crippen LogP contribution < -0.4 is 9.47 Å². The van der Waals surface area contributed by atoms with Crippen LogP contribution >= 0.6 is 7.80 Å². The Morgan fingerprint density at radius 3 is 2.28 bits per heavy atom. The Labute approximate surface area is 152 Å². The largest absolute Gasteiger partial charge is 0.496 e. The van der Waals surface area contributed by atoms with Crippen LogP contribution in [-0.4, -0.2) is 25.9 Å².